The quantitative estimate of drug-likeness (QED) is 0.581. The number of carbonyl (C=O) groups excluding carboxylic acids is 2. The molecule has 5 nitrogen and oxygen atoms in total. The van der Waals surface area contributed by atoms with Crippen LogP contribution in [0.3, 0.4) is 0 Å². The second-order valence-corrected chi connectivity index (χ2v) is 5.99. The Morgan fingerprint density at radius 2 is 1.67 bits per heavy atom. The summed E-state index contributed by atoms with van der Waals surface area (Å²) >= 11 is 3.29. The van der Waals surface area contributed by atoms with Crippen LogP contribution in [0.5, 0.6) is 5.75 Å². The average Bonchev–Trinajstić information content (AvgIpc) is 2.59. The lowest BCUT2D eigenvalue weighted by molar-refractivity contribution is -0.143. The van der Waals surface area contributed by atoms with Gasteiger partial charge in [-0.15, -0.1) is 0 Å². The highest BCUT2D eigenvalue weighted by Gasteiger charge is 2.08. The van der Waals surface area contributed by atoms with Crippen molar-refractivity contribution in [3.05, 3.63) is 64.1 Å². The van der Waals surface area contributed by atoms with E-state index in [1.807, 2.05) is 31.2 Å². The molecule has 0 bridgehead atoms. The van der Waals surface area contributed by atoms with Crippen molar-refractivity contribution < 1.29 is 19.1 Å². The number of esters is 1. The fourth-order valence-electron chi connectivity index (χ4n) is 1.86. The molecule has 0 aliphatic carbocycles. The minimum atomic E-state index is -0.507. The molecule has 0 unspecified atom stereocenters. The summed E-state index contributed by atoms with van der Waals surface area (Å²) in [7, 11) is 0. The first-order chi connectivity index (χ1) is 11.5. The van der Waals surface area contributed by atoms with Crippen LogP contribution in [-0.4, -0.2) is 31.6 Å². The number of hydrogen-bond acceptors (Lipinski definition) is 4. The molecule has 2 aromatic carbocycles. The van der Waals surface area contributed by atoms with E-state index < -0.39 is 5.97 Å². The average molecular weight is 392 g/mol. The van der Waals surface area contributed by atoms with Crippen molar-refractivity contribution in [1.29, 1.82) is 0 Å². The van der Waals surface area contributed by atoms with Crippen molar-refractivity contribution >= 4 is 27.8 Å². The number of ether oxygens (including phenoxy) is 2. The summed E-state index contributed by atoms with van der Waals surface area (Å²) in [5, 5.41) is 2.51. The third kappa shape index (κ3) is 6.04. The lowest BCUT2D eigenvalue weighted by Crippen LogP contribution is -2.31. The largest absolute Gasteiger partial charge is 0.490 e. The first-order valence-corrected chi connectivity index (χ1v) is 8.23. The van der Waals surface area contributed by atoms with Crippen LogP contribution in [0.4, 0.5) is 0 Å². The van der Waals surface area contributed by atoms with Crippen LogP contribution in [0.2, 0.25) is 0 Å². The zero-order valence-electron chi connectivity index (χ0n) is 13.3. The maximum atomic E-state index is 11.8. The maximum Gasteiger partial charge on any atom is 0.325 e. The van der Waals surface area contributed by atoms with Crippen LogP contribution in [0.1, 0.15) is 15.9 Å². The van der Waals surface area contributed by atoms with Crippen LogP contribution >= 0.6 is 15.9 Å². The van der Waals surface area contributed by atoms with Gasteiger partial charge in [-0.1, -0.05) is 33.6 Å². The van der Waals surface area contributed by atoms with Crippen molar-refractivity contribution in [1.82, 2.24) is 5.32 Å². The van der Waals surface area contributed by atoms with Gasteiger partial charge >= 0.3 is 5.97 Å². The highest BCUT2D eigenvalue weighted by atomic mass is 79.9. The van der Waals surface area contributed by atoms with E-state index in [1.165, 1.54) is 0 Å². The number of amides is 1. The molecule has 0 aliphatic heterocycles. The number of aryl methyl sites for hydroxylation is 1. The Hall–Kier alpha value is -2.34. The first-order valence-electron chi connectivity index (χ1n) is 7.43. The van der Waals surface area contributed by atoms with Gasteiger partial charge in [0.05, 0.1) is 0 Å². The van der Waals surface area contributed by atoms with Crippen LogP contribution in [0.15, 0.2) is 53.0 Å². The number of rotatable bonds is 7. The predicted octanol–water partition coefficient (Wildman–Crippen LogP) is 3.11. The summed E-state index contributed by atoms with van der Waals surface area (Å²) in [6.07, 6.45) is 0. The van der Waals surface area contributed by atoms with Crippen LogP contribution in [-0.2, 0) is 9.53 Å². The number of carbonyl (C=O) groups is 2. The number of nitrogens with one attached hydrogen (secondary N) is 1. The van der Waals surface area contributed by atoms with Gasteiger partial charge in [0.15, 0.2) is 0 Å². The van der Waals surface area contributed by atoms with Gasteiger partial charge in [0, 0.05) is 10.0 Å². The van der Waals surface area contributed by atoms with Gasteiger partial charge in [-0.2, -0.15) is 0 Å². The van der Waals surface area contributed by atoms with Crippen LogP contribution < -0.4 is 10.1 Å². The molecular weight excluding hydrogens is 374 g/mol. The molecule has 2 rings (SSSR count). The van der Waals surface area contributed by atoms with Crippen molar-refractivity contribution in [2.24, 2.45) is 0 Å². The fourth-order valence-corrected chi connectivity index (χ4v) is 2.12. The molecule has 0 atom stereocenters. The third-order valence-corrected chi connectivity index (χ3v) is 3.66. The zero-order valence-corrected chi connectivity index (χ0v) is 14.8. The Labute approximate surface area is 149 Å². The topological polar surface area (TPSA) is 64.6 Å². The molecule has 0 saturated heterocycles. The SMILES string of the molecule is Cc1ccc(OCCOC(=O)CNC(=O)c2ccc(Br)cc2)cc1. The molecular formula is C18H18BrNO4. The Morgan fingerprint density at radius 1 is 1.00 bits per heavy atom. The van der Waals surface area contributed by atoms with Crippen molar-refractivity contribution in [2.75, 3.05) is 19.8 Å². The molecule has 1 N–H and O–H groups in total. The highest BCUT2D eigenvalue weighted by molar-refractivity contribution is 9.10. The minimum absolute atomic E-state index is 0.126. The van der Waals surface area contributed by atoms with E-state index in [4.69, 9.17) is 9.47 Å². The number of halogens is 1. The number of benzene rings is 2. The summed E-state index contributed by atoms with van der Waals surface area (Å²) in [4.78, 5) is 23.4. The molecule has 0 aliphatic rings. The van der Waals surface area contributed by atoms with E-state index in [0.29, 0.717) is 5.56 Å². The normalized spacial score (nSPS) is 10.1. The Bertz CT molecular complexity index is 683. The van der Waals surface area contributed by atoms with E-state index in [1.54, 1.807) is 24.3 Å². The van der Waals surface area contributed by atoms with E-state index in [0.717, 1.165) is 15.8 Å². The molecule has 0 fully saturated rings. The summed E-state index contributed by atoms with van der Waals surface area (Å²) in [6.45, 7) is 2.20. The molecule has 0 saturated carbocycles. The molecule has 2 aromatic rings. The molecule has 0 aromatic heterocycles. The summed E-state index contributed by atoms with van der Waals surface area (Å²) in [5.41, 5.74) is 1.63. The molecule has 6 heteroatoms. The lowest BCUT2D eigenvalue weighted by atomic mass is 10.2. The van der Waals surface area contributed by atoms with Gasteiger partial charge in [0.2, 0.25) is 0 Å². The Balaban J connectivity index is 1.63. The number of hydrogen-bond donors (Lipinski definition) is 1. The summed E-state index contributed by atoms with van der Waals surface area (Å²) in [5.74, 6) is -0.108. The van der Waals surface area contributed by atoms with Gasteiger partial charge in [-0.05, 0) is 43.3 Å². The van der Waals surface area contributed by atoms with Crippen molar-refractivity contribution in [3.63, 3.8) is 0 Å². The van der Waals surface area contributed by atoms with Crippen LogP contribution in [0, 0.1) is 6.92 Å². The molecule has 0 heterocycles. The fraction of sp³-hybridized carbons (Fsp3) is 0.222. The predicted molar refractivity (Wildman–Crippen MR) is 94.1 cm³/mol. The van der Waals surface area contributed by atoms with E-state index in [2.05, 4.69) is 21.2 Å². The second-order valence-electron chi connectivity index (χ2n) is 5.07. The van der Waals surface area contributed by atoms with E-state index >= 15 is 0 Å². The van der Waals surface area contributed by atoms with Crippen molar-refractivity contribution in [2.45, 2.75) is 6.92 Å². The molecule has 126 valence electrons. The Kier molecular flexibility index (Phi) is 6.81. The zero-order chi connectivity index (χ0) is 17.4. The van der Waals surface area contributed by atoms with E-state index in [9.17, 15) is 9.59 Å². The summed E-state index contributed by atoms with van der Waals surface area (Å²) in [6, 6.07) is 14.5. The molecule has 24 heavy (non-hydrogen) atoms. The van der Waals surface area contributed by atoms with Gasteiger partial charge in [-0.3, -0.25) is 9.59 Å². The summed E-state index contributed by atoms with van der Waals surface area (Å²) < 4.78 is 11.3. The Morgan fingerprint density at radius 3 is 2.33 bits per heavy atom. The highest BCUT2D eigenvalue weighted by Crippen LogP contribution is 2.11. The van der Waals surface area contributed by atoms with Crippen LogP contribution in [0.25, 0.3) is 0 Å². The standard InChI is InChI=1S/C18H18BrNO4/c1-13-2-8-16(9-3-13)23-10-11-24-17(21)12-20-18(22)14-4-6-15(19)7-5-14/h2-9H,10-12H2,1H3,(H,20,22). The lowest BCUT2D eigenvalue weighted by Gasteiger charge is -2.08. The van der Waals surface area contributed by atoms with Gasteiger partial charge in [-0.25, -0.2) is 0 Å². The third-order valence-electron chi connectivity index (χ3n) is 3.14. The maximum absolute atomic E-state index is 11.8. The van der Waals surface area contributed by atoms with Gasteiger partial charge in [0.1, 0.15) is 25.5 Å². The second kappa shape index (κ2) is 9.08. The molecule has 1 amide bonds. The molecule has 0 spiro atoms. The smallest absolute Gasteiger partial charge is 0.325 e. The monoisotopic (exact) mass is 391 g/mol. The van der Waals surface area contributed by atoms with Gasteiger partial charge < -0.3 is 14.8 Å². The van der Waals surface area contributed by atoms with E-state index in [-0.39, 0.29) is 25.7 Å². The van der Waals surface area contributed by atoms with Crippen molar-refractivity contribution in [3.8, 4) is 5.75 Å². The molecule has 0 radical (unpaired) electrons. The van der Waals surface area contributed by atoms with Gasteiger partial charge in [0.25, 0.3) is 5.91 Å². The first kappa shape index (κ1) is 18.0. The minimum Gasteiger partial charge on any atom is -0.490 e.